The van der Waals surface area contributed by atoms with Crippen LogP contribution in [0.5, 0.6) is 0 Å². The first-order valence-electron chi connectivity index (χ1n) is 6.96. The van der Waals surface area contributed by atoms with E-state index in [0.717, 1.165) is 30.4 Å². The van der Waals surface area contributed by atoms with Gasteiger partial charge in [-0.15, -0.1) is 11.3 Å². The first-order valence-corrected chi connectivity index (χ1v) is 7.84. The smallest absolute Gasteiger partial charge is 0.195 e. The topological polar surface area (TPSA) is 62.0 Å². The van der Waals surface area contributed by atoms with E-state index in [-0.39, 0.29) is 12.7 Å². The lowest BCUT2D eigenvalue weighted by atomic mass is 10.2. The van der Waals surface area contributed by atoms with Gasteiger partial charge in [-0.1, -0.05) is 6.92 Å². The van der Waals surface area contributed by atoms with Crippen molar-refractivity contribution in [3.63, 3.8) is 0 Å². The number of hydrogen-bond donors (Lipinski definition) is 2. The maximum atomic E-state index is 9.28. The molecule has 1 aliphatic heterocycles. The molecule has 6 nitrogen and oxygen atoms in total. The van der Waals surface area contributed by atoms with Crippen LogP contribution in [0, 0.1) is 0 Å². The number of fused-ring (bicyclic) bond motifs is 1. The Morgan fingerprint density at radius 3 is 3.30 bits per heavy atom. The molecule has 7 heteroatoms. The zero-order valence-electron chi connectivity index (χ0n) is 11.6. The number of ether oxygens (including phenoxy) is 1. The van der Waals surface area contributed by atoms with Crippen molar-refractivity contribution in [3.05, 3.63) is 17.3 Å². The van der Waals surface area contributed by atoms with E-state index >= 15 is 0 Å². The maximum absolute atomic E-state index is 9.28. The fourth-order valence-electron chi connectivity index (χ4n) is 2.50. The fourth-order valence-corrected chi connectivity index (χ4v) is 3.23. The summed E-state index contributed by atoms with van der Waals surface area (Å²) in [6.07, 6.45) is 1.95. The van der Waals surface area contributed by atoms with E-state index in [1.165, 1.54) is 5.69 Å². The molecule has 1 atom stereocenters. The lowest BCUT2D eigenvalue weighted by molar-refractivity contribution is 0.00334. The zero-order chi connectivity index (χ0) is 13.9. The number of nitrogens with zero attached hydrogens (tertiary/aromatic N) is 3. The average molecular weight is 296 g/mol. The molecule has 3 rings (SSSR count). The van der Waals surface area contributed by atoms with Crippen LogP contribution in [0.3, 0.4) is 0 Å². The Bertz CT molecular complexity index is 568. The van der Waals surface area contributed by atoms with E-state index in [1.54, 1.807) is 11.3 Å². The van der Waals surface area contributed by atoms with Crippen molar-refractivity contribution < 1.29 is 9.84 Å². The summed E-state index contributed by atoms with van der Waals surface area (Å²) < 4.78 is 7.66. The third-order valence-corrected chi connectivity index (χ3v) is 4.28. The first-order chi connectivity index (χ1) is 9.83. The van der Waals surface area contributed by atoms with Gasteiger partial charge >= 0.3 is 0 Å². The van der Waals surface area contributed by atoms with Gasteiger partial charge in [0, 0.05) is 31.2 Å². The molecule has 2 N–H and O–H groups in total. The van der Waals surface area contributed by atoms with Gasteiger partial charge in [-0.25, -0.2) is 4.98 Å². The Balaban J connectivity index is 1.90. The van der Waals surface area contributed by atoms with Crippen LogP contribution in [0.1, 0.15) is 12.6 Å². The standard InChI is InChI=1S/C13H20N4O2S/c1-2-14-7-11-12(15-13-17(11)4-6-20-13)16-3-5-19-10(8-16)9-18/h4,6,10,14,18H,2-3,5,7-9H2,1H3. The molecule has 20 heavy (non-hydrogen) atoms. The van der Waals surface area contributed by atoms with Gasteiger partial charge < -0.3 is 20.1 Å². The molecule has 1 unspecified atom stereocenters. The quantitative estimate of drug-likeness (QED) is 0.850. The molecule has 1 aliphatic rings. The first kappa shape index (κ1) is 13.8. The van der Waals surface area contributed by atoms with Crippen LogP contribution in [-0.2, 0) is 11.3 Å². The number of anilines is 1. The van der Waals surface area contributed by atoms with Crippen molar-refractivity contribution in [1.29, 1.82) is 0 Å². The van der Waals surface area contributed by atoms with E-state index in [9.17, 15) is 5.11 Å². The summed E-state index contributed by atoms with van der Waals surface area (Å²) in [7, 11) is 0. The van der Waals surface area contributed by atoms with Crippen LogP contribution >= 0.6 is 11.3 Å². The predicted molar refractivity (Wildman–Crippen MR) is 79.5 cm³/mol. The normalized spacial score (nSPS) is 19.9. The van der Waals surface area contributed by atoms with Crippen LogP contribution in [0.25, 0.3) is 4.96 Å². The zero-order valence-corrected chi connectivity index (χ0v) is 12.4. The second-order valence-corrected chi connectivity index (χ2v) is 5.71. The third kappa shape index (κ3) is 2.54. The molecule has 0 amide bonds. The highest BCUT2D eigenvalue weighted by molar-refractivity contribution is 7.15. The summed E-state index contributed by atoms with van der Waals surface area (Å²) in [4.78, 5) is 7.98. The summed E-state index contributed by atoms with van der Waals surface area (Å²) >= 11 is 1.64. The molecule has 2 aromatic rings. The highest BCUT2D eigenvalue weighted by atomic mass is 32.1. The van der Waals surface area contributed by atoms with Gasteiger partial charge in [-0.05, 0) is 6.54 Å². The SMILES string of the molecule is CCNCc1c(N2CCOC(CO)C2)nc2sccn12. The summed E-state index contributed by atoms with van der Waals surface area (Å²) in [5.74, 6) is 1.01. The van der Waals surface area contributed by atoms with E-state index in [2.05, 4.69) is 33.1 Å². The number of nitrogens with one attached hydrogen (secondary N) is 1. The maximum Gasteiger partial charge on any atom is 0.195 e. The molecule has 0 radical (unpaired) electrons. The van der Waals surface area contributed by atoms with Gasteiger partial charge in [0.05, 0.1) is 25.0 Å². The number of morpholine rings is 1. The van der Waals surface area contributed by atoms with Crippen molar-refractivity contribution >= 4 is 22.1 Å². The van der Waals surface area contributed by atoms with Crippen LogP contribution in [0.4, 0.5) is 5.82 Å². The van der Waals surface area contributed by atoms with Crippen molar-refractivity contribution in [3.8, 4) is 0 Å². The molecule has 1 saturated heterocycles. The van der Waals surface area contributed by atoms with Gasteiger partial charge in [-0.2, -0.15) is 0 Å². The summed E-state index contributed by atoms with van der Waals surface area (Å²) in [5, 5.41) is 14.7. The van der Waals surface area contributed by atoms with Crippen molar-refractivity contribution in [1.82, 2.24) is 14.7 Å². The Morgan fingerprint density at radius 1 is 1.60 bits per heavy atom. The van der Waals surface area contributed by atoms with Gasteiger partial charge in [0.15, 0.2) is 10.8 Å². The molecule has 0 saturated carbocycles. The molecule has 0 aliphatic carbocycles. The Morgan fingerprint density at radius 2 is 2.50 bits per heavy atom. The van der Waals surface area contributed by atoms with Crippen molar-refractivity contribution in [2.75, 3.05) is 37.7 Å². The van der Waals surface area contributed by atoms with Crippen molar-refractivity contribution in [2.45, 2.75) is 19.6 Å². The molecule has 0 bridgehead atoms. The molecule has 0 aromatic carbocycles. The Kier molecular flexibility index (Phi) is 4.21. The monoisotopic (exact) mass is 296 g/mol. The van der Waals surface area contributed by atoms with E-state index in [0.29, 0.717) is 13.2 Å². The molecule has 0 spiro atoms. The molecule has 2 aromatic heterocycles. The lowest BCUT2D eigenvalue weighted by Gasteiger charge is -2.32. The van der Waals surface area contributed by atoms with E-state index in [4.69, 9.17) is 9.72 Å². The Hall–Kier alpha value is -1.15. The van der Waals surface area contributed by atoms with E-state index < -0.39 is 0 Å². The van der Waals surface area contributed by atoms with Crippen LogP contribution in [0.15, 0.2) is 11.6 Å². The predicted octanol–water partition coefficient (Wildman–Crippen LogP) is 0.703. The second kappa shape index (κ2) is 6.09. The number of rotatable bonds is 5. The van der Waals surface area contributed by atoms with Crippen LogP contribution in [0.2, 0.25) is 0 Å². The number of hydrogen-bond acceptors (Lipinski definition) is 6. The van der Waals surface area contributed by atoms with E-state index in [1.807, 2.05) is 0 Å². The minimum atomic E-state index is -0.115. The molecular weight excluding hydrogens is 276 g/mol. The molecule has 3 heterocycles. The summed E-state index contributed by atoms with van der Waals surface area (Å²) in [6, 6.07) is 0. The van der Waals surface area contributed by atoms with Crippen molar-refractivity contribution in [2.24, 2.45) is 0 Å². The third-order valence-electron chi connectivity index (χ3n) is 3.52. The largest absolute Gasteiger partial charge is 0.394 e. The van der Waals surface area contributed by atoms with Gasteiger partial charge in [0.1, 0.15) is 0 Å². The minimum Gasteiger partial charge on any atom is -0.394 e. The highest BCUT2D eigenvalue weighted by Crippen LogP contribution is 2.26. The second-order valence-electron chi connectivity index (χ2n) is 4.84. The number of thiazole rings is 1. The summed E-state index contributed by atoms with van der Waals surface area (Å²) in [6.45, 7) is 6.03. The minimum absolute atomic E-state index is 0.0568. The number of aliphatic hydroxyl groups is 1. The van der Waals surface area contributed by atoms with Crippen LogP contribution < -0.4 is 10.2 Å². The fraction of sp³-hybridized carbons (Fsp3) is 0.615. The average Bonchev–Trinajstić information content (AvgIpc) is 3.06. The molecular formula is C13H20N4O2S. The van der Waals surface area contributed by atoms with Gasteiger partial charge in [0.25, 0.3) is 0 Å². The number of imidazole rings is 1. The number of aromatic nitrogens is 2. The summed E-state index contributed by atoms with van der Waals surface area (Å²) in [5.41, 5.74) is 1.18. The van der Waals surface area contributed by atoms with Gasteiger partial charge in [0.2, 0.25) is 0 Å². The number of aliphatic hydroxyl groups excluding tert-OH is 1. The highest BCUT2D eigenvalue weighted by Gasteiger charge is 2.25. The Labute approximate surface area is 122 Å². The lowest BCUT2D eigenvalue weighted by Crippen LogP contribution is -2.44. The molecule has 1 fully saturated rings. The molecule has 110 valence electrons. The van der Waals surface area contributed by atoms with Gasteiger partial charge in [-0.3, -0.25) is 4.40 Å². The van der Waals surface area contributed by atoms with Crippen LogP contribution in [-0.4, -0.2) is 53.4 Å².